The lowest BCUT2D eigenvalue weighted by Crippen LogP contribution is -2.24. The van der Waals surface area contributed by atoms with Gasteiger partial charge in [0.25, 0.3) is 0 Å². The van der Waals surface area contributed by atoms with E-state index in [9.17, 15) is 0 Å². The van der Waals surface area contributed by atoms with E-state index >= 15 is 0 Å². The molecular formula is C20H20Cl4Si3. The first kappa shape index (κ1) is 23.0. The summed E-state index contributed by atoms with van der Waals surface area (Å²) in [5, 5.41) is 2.42. The molecule has 2 aromatic rings. The van der Waals surface area contributed by atoms with Crippen molar-refractivity contribution in [3.63, 3.8) is 0 Å². The molecule has 0 atom stereocenters. The van der Waals surface area contributed by atoms with Crippen LogP contribution in [0, 0.1) is 0 Å². The van der Waals surface area contributed by atoms with Crippen LogP contribution in [0.5, 0.6) is 0 Å². The monoisotopic (exact) mass is 484 g/mol. The molecular weight excluding hydrogens is 466 g/mol. The Balaban J connectivity index is 2.44. The van der Waals surface area contributed by atoms with E-state index in [1.807, 2.05) is 36.4 Å². The zero-order chi connectivity index (χ0) is 19.9. The van der Waals surface area contributed by atoms with Gasteiger partial charge in [-0.15, -0.1) is 46.4 Å². The quantitative estimate of drug-likeness (QED) is 0.285. The molecule has 0 nitrogen and oxygen atoms in total. The Labute approximate surface area is 188 Å². The van der Waals surface area contributed by atoms with Gasteiger partial charge in [0.15, 0.2) is 0 Å². The van der Waals surface area contributed by atoms with E-state index in [0.717, 1.165) is 0 Å². The minimum absolute atomic E-state index is 0.337. The summed E-state index contributed by atoms with van der Waals surface area (Å²) in [7, 11) is -1.20. The van der Waals surface area contributed by atoms with Crippen molar-refractivity contribution in [2.45, 2.75) is 22.0 Å². The van der Waals surface area contributed by atoms with E-state index in [-0.39, 0.29) is 0 Å². The van der Waals surface area contributed by atoms with Crippen LogP contribution in [0.4, 0.5) is 0 Å². The third-order valence-electron chi connectivity index (χ3n) is 3.73. The number of alkyl halides is 4. The second-order valence-corrected chi connectivity index (χ2v) is 17.2. The molecule has 0 spiro atoms. The van der Waals surface area contributed by atoms with Gasteiger partial charge in [0.05, 0.1) is 17.0 Å². The van der Waals surface area contributed by atoms with Gasteiger partial charge < -0.3 is 0 Å². The minimum atomic E-state index is -1.87. The Bertz CT molecular complexity index is 707. The van der Waals surface area contributed by atoms with Crippen LogP contribution in [0.3, 0.4) is 0 Å². The van der Waals surface area contributed by atoms with E-state index in [2.05, 4.69) is 48.8 Å². The highest BCUT2D eigenvalue weighted by molar-refractivity contribution is 6.93. The van der Waals surface area contributed by atoms with Crippen LogP contribution >= 0.6 is 46.4 Å². The average Bonchev–Trinajstić information content (AvgIpc) is 2.61. The molecule has 0 aliphatic carbocycles. The van der Waals surface area contributed by atoms with Crippen LogP contribution < -0.4 is 0 Å². The van der Waals surface area contributed by atoms with E-state index in [0.29, 0.717) is 19.0 Å². The van der Waals surface area contributed by atoms with Gasteiger partial charge in [-0.3, -0.25) is 0 Å². The van der Waals surface area contributed by atoms with Gasteiger partial charge in [-0.05, 0) is 11.1 Å². The van der Waals surface area contributed by atoms with Gasteiger partial charge in [0, 0.05) is 0 Å². The molecule has 2 rings (SSSR count). The highest BCUT2D eigenvalue weighted by atomic mass is 35.5. The Morgan fingerprint density at radius 2 is 1.04 bits per heavy atom. The fourth-order valence-electron chi connectivity index (χ4n) is 2.67. The van der Waals surface area contributed by atoms with E-state index < -0.39 is 17.0 Å². The summed E-state index contributed by atoms with van der Waals surface area (Å²) in [6.07, 6.45) is 0. The predicted octanol–water partition coefficient (Wildman–Crippen LogP) is 6.79. The summed E-state index contributed by atoms with van der Waals surface area (Å²) in [5.74, 6) is 0. The molecule has 0 fully saturated rings. The van der Waals surface area contributed by atoms with Gasteiger partial charge >= 0.3 is 0 Å². The second-order valence-electron chi connectivity index (χ2n) is 6.56. The van der Waals surface area contributed by atoms with Gasteiger partial charge in [0.1, 0.15) is 19.0 Å². The molecule has 0 aromatic heterocycles. The molecule has 0 bridgehead atoms. The van der Waals surface area contributed by atoms with Crippen molar-refractivity contribution < 1.29 is 0 Å². The smallest absolute Gasteiger partial charge is 0.110 e. The maximum atomic E-state index is 6.13. The lowest BCUT2D eigenvalue weighted by atomic mass is 10.2. The summed E-state index contributed by atoms with van der Waals surface area (Å²) in [4.78, 5) is 0. The fourth-order valence-corrected chi connectivity index (χ4v) is 10.0. The Morgan fingerprint density at radius 1 is 0.704 bits per heavy atom. The summed E-state index contributed by atoms with van der Waals surface area (Å²) >= 11 is 24.5. The van der Waals surface area contributed by atoms with E-state index in [1.165, 1.54) is 21.5 Å². The highest BCUT2D eigenvalue weighted by Crippen LogP contribution is 2.25. The summed E-state index contributed by atoms with van der Waals surface area (Å²) < 4.78 is -0.813. The molecule has 2 aromatic carbocycles. The molecule has 7 heteroatoms. The summed E-state index contributed by atoms with van der Waals surface area (Å²) in [6.45, 7) is 4.62. The van der Waals surface area contributed by atoms with Crippen molar-refractivity contribution in [1.82, 2.24) is 0 Å². The molecule has 0 saturated heterocycles. The standard InChI is InChI=1S/C20H20Cl4Si3/c1-27(2,13-17(25-19(21)22)15-9-5-3-6-10-15)14-18(26-20(23)24)16-11-7-4-8-12-16/h3-14,19-20H,1-2H3. The first-order valence-corrected chi connectivity index (χ1v) is 15.5. The van der Waals surface area contributed by atoms with Crippen LogP contribution in [0.1, 0.15) is 11.1 Å². The molecule has 0 aliphatic heterocycles. The zero-order valence-corrected chi connectivity index (χ0v) is 21.1. The second kappa shape index (κ2) is 11.1. The predicted molar refractivity (Wildman–Crippen MR) is 129 cm³/mol. The Hall–Kier alpha value is -0.269. The largest absolute Gasteiger partial charge is 0.124 e. The number of benzene rings is 2. The van der Waals surface area contributed by atoms with Crippen molar-refractivity contribution in [1.29, 1.82) is 0 Å². The van der Waals surface area contributed by atoms with Crippen LogP contribution in [-0.2, 0) is 0 Å². The fraction of sp³-hybridized carbons (Fsp3) is 0.200. The third kappa shape index (κ3) is 8.32. The number of rotatable bonds is 8. The average molecular weight is 486 g/mol. The molecule has 0 unspecified atom stereocenters. The topological polar surface area (TPSA) is 0 Å². The van der Waals surface area contributed by atoms with Gasteiger partial charge in [-0.2, -0.15) is 0 Å². The summed E-state index contributed by atoms with van der Waals surface area (Å²) in [5.41, 5.74) is 7.10. The van der Waals surface area contributed by atoms with Crippen LogP contribution in [-0.4, -0.2) is 36.0 Å². The van der Waals surface area contributed by atoms with Crippen molar-refractivity contribution >= 4 is 83.9 Å². The van der Waals surface area contributed by atoms with Crippen LogP contribution in [0.2, 0.25) is 13.1 Å². The van der Waals surface area contributed by atoms with Crippen LogP contribution in [0.25, 0.3) is 10.4 Å². The van der Waals surface area contributed by atoms with Crippen molar-refractivity contribution in [2.24, 2.45) is 0 Å². The van der Waals surface area contributed by atoms with Gasteiger partial charge in [-0.1, -0.05) is 95.5 Å². The van der Waals surface area contributed by atoms with E-state index in [1.54, 1.807) is 0 Å². The molecule has 0 N–H and O–H groups in total. The Morgan fingerprint density at radius 3 is 1.33 bits per heavy atom. The Kier molecular flexibility index (Phi) is 9.42. The number of hydrogen-bond acceptors (Lipinski definition) is 0. The summed E-state index contributed by atoms with van der Waals surface area (Å²) in [6, 6.07) is 20.6. The van der Waals surface area contributed by atoms with Gasteiger partial charge in [0.2, 0.25) is 0 Å². The van der Waals surface area contributed by atoms with Crippen molar-refractivity contribution in [3.8, 4) is 0 Å². The van der Waals surface area contributed by atoms with Crippen molar-refractivity contribution in [3.05, 3.63) is 83.2 Å². The molecule has 0 amide bonds. The molecule has 0 heterocycles. The SMILES string of the molecule is C[Si](C)(C=C([Si]C(Cl)Cl)c1ccccc1)C=C([Si]C(Cl)Cl)c1ccccc1. The number of hydrogen-bond donors (Lipinski definition) is 0. The van der Waals surface area contributed by atoms with Crippen LogP contribution in [0.15, 0.2) is 72.1 Å². The zero-order valence-electron chi connectivity index (χ0n) is 15.1. The first-order chi connectivity index (χ1) is 12.8. The van der Waals surface area contributed by atoms with Crippen molar-refractivity contribution in [2.75, 3.05) is 0 Å². The molecule has 0 aliphatic rings. The maximum absolute atomic E-state index is 6.13. The number of halogens is 4. The molecule has 27 heavy (non-hydrogen) atoms. The molecule has 4 radical (unpaired) electrons. The lowest BCUT2D eigenvalue weighted by Gasteiger charge is -2.20. The molecule has 140 valence electrons. The lowest BCUT2D eigenvalue weighted by molar-refractivity contribution is 1.63. The highest BCUT2D eigenvalue weighted by Gasteiger charge is 2.21. The first-order valence-electron chi connectivity index (χ1n) is 8.43. The normalized spacial score (nSPS) is 13.5. The maximum Gasteiger partial charge on any atom is 0.124 e. The van der Waals surface area contributed by atoms with E-state index in [4.69, 9.17) is 46.4 Å². The third-order valence-corrected chi connectivity index (χ3v) is 9.61. The molecule has 0 saturated carbocycles. The minimum Gasteiger partial charge on any atom is -0.110 e. The van der Waals surface area contributed by atoms with Gasteiger partial charge in [-0.25, -0.2) is 0 Å².